The molecule has 0 radical (unpaired) electrons. The first-order valence-corrected chi connectivity index (χ1v) is 12.9. The van der Waals surface area contributed by atoms with Gasteiger partial charge in [0, 0.05) is 45.7 Å². The van der Waals surface area contributed by atoms with Crippen LogP contribution in [0.5, 0.6) is 0 Å². The Kier molecular flexibility index (Phi) is 6.84. The van der Waals surface area contributed by atoms with Crippen molar-refractivity contribution in [3.05, 3.63) is 54.6 Å². The third-order valence-corrected chi connectivity index (χ3v) is 8.20. The molecule has 0 spiro atoms. The molecular weight excluding hydrogens is 432 g/mol. The van der Waals surface area contributed by atoms with E-state index in [1.165, 1.54) is 4.70 Å². The van der Waals surface area contributed by atoms with E-state index < -0.39 is 9.84 Å². The first-order chi connectivity index (χ1) is 15.0. The number of para-hydroxylation sites is 1. The molecule has 2 heterocycles. The predicted octanol–water partition coefficient (Wildman–Crippen LogP) is 2.40. The van der Waals surface area contributed by atoms with Crippen LogP contribution in [0.1, 0.15) is 6.42 Å². The highest BCUT2D eigenvalue weighted by Crippen LogP contribution is 2.29. The summed E-state index contributed by atoms with van der Waals surface area (Å²) in [6.45, 7) is 4.91. The van der Waals surface area contributed by atoms with E-state index in [2.05, 4.69) is 21.2 Å². The Balaban J connectivity index is 1.17. The maximum absolute atomic E-state index is 12.3. The van der Waals surface area contributed by atoms with Crippen LogP contribution in [0.15, 0.2) is 59.5 Å². The first kappa shape index (κ1) is 21.7. The highest BCUT2D eigenvalue weighted by atomic mass is 32.2. The van der Waals surface area contributed by atoms with Crippen molar-refractivity contribution in [3.8, 4) is 0 Å². The van der Waals surface area contributed by atoms with Gasteiger partial charge in [-0.15, -0.1) is 0 Å². The number of aromatic nitrogens is 1. The Morgan fingerprint density at radius 1 is 1.00 bits per heavy atom. The van der Waals surface area contributed by atoms with Gasteiger partial charge in [-0.3, -0.25) is 9.69 Å². The number of carbonyl (C=O) groups excluding carboxylic acids is 1. The number of fused-ring (bicyclic) bond motifs is 1. The Morgan fingerprint density at radius 3 is 2.45 bits per heavy atom. The largest absolute Gasteiger partial charge is 0.355 e. The smallest absolute Gasteiger partial charge is 0.221 e. The number of carbonyl (C=O) groups is 1. The zero-order chi connectivity index (χ0) is 21.7. The minimum absolute atomic E-state index is 0.0252. The van der Waals surface area contributed by atoms with Crippen molar-refractivity contribution in [3.63, 3.8) is 0 Å². The van der Waals surface area contributed by atoms with E-state index in [1.54, 1.807) is 41.7 Å². The van der Waals surface area contributed by atoms with Gasteiger partial charge >= 0.3 is 0 Å². The van der Waals surface area contributed by atoms with Gasteiger partial charge in [0.1, 0.15) is 0 Å². The molecule has 0 saturated carbocycles. The van der Waals surface area contributed by atoms with E-state index in [0.717, 1.165) is 43.4 Å². The standard InChI is InChI=1S/C22H26N4O3S2/c27-21(10-17-31(28,29)18-6-2-1-3-7-18)23-11-12-25-13-15-26(16-14-25)22-24-19-8-4-5-9-20(19)30-22/h1-9H,10-17H2,(H,23,27). The molecule has 1 aliphatic heterocycles. The van der Waals surface area contributed by atoms with E-state index in [0.29, 0.717) is 6.54 Å². The molecule has 0 aliphatic carbocycles. The number of thiazole rings is 1. The molecule has 1 saturated heterocycles. The molecule has 0 bridgehead atoms. The predicted molar refractivity (Wildman–Crippen MR) is 124 cm³/mol. The molecule has 1 aromatic heterocycles. The van der Waals surface area contributed by atoms with Crippen LogP contribution in [0.2, 0.25) is 0 Å². The SMILES string of the molecule is O=C(CCS(=O)(=O)c1ccccc1)NCCN1CCN(c2nc3ccccc3s2)CC1. The van der Waals surface area contributed by atoms with Crippen molar-refractivity contribution in [2.24, 2.45) is 0 Å². The lowest BCUT2D eigenvalue weighted by molar-refractivity contribution is -0.120. The average molecular weight is 459 g/mol. The Labute approximate surface area is 186 Å². The Morgan fingerprint density at radius 2 is 1.71 bits per heavy atom. The summed E-state index contributed by atoms with van der Waals surface area (Å²) >= 11 is 1.72. The maximum atomic E-state index is 12.3. The fraction of sp³-hybridized carbons (Fsp3) is 0.364. The fourth-order valence-corrected chi connectivity index (χ4v) is 5.85. The molecule has 1 fully saturated rings. The topological polar surface area (TPSA) is 82.6 Å². The molecule has 9 heteroatoms. The van der Waals surface area contributed by atoms with Crippen LogP contribution < -0.4 is 10.2 Å². The zero-order valence-corrected chi connectivity index (χ0v) is 18.9. The second-order valence-corrected chi connectivity index (χ2v) is 10.6. The van der Waals surface area contributed by atoms with E-state index in [4.69, 9.17) is 4.98 Å². The first-order valence-electron chi connectivity index (χ1n) is 10.4. The number of nitrogens with zero attached hydrogens (tertiary/aromatic N) is 3. The van der Waals surface area contributed by atoms with Crippen LogP contribution in [-0.2, 0) is 14.6 Å². The summed E-state index contributed by atoms with van der Waals surface area (Å²) in [5.41, 5.74) is 1.04. The molecule has 3 aromatic rings. The summed E-state index contributed by atoms with van der Waals surface area (Å²) in [5.74, 6) is -0.406. The number of piperazine rings is 1. The third kappa shape index (κ3) is 5.61. The Hall–Kier alpha value is -2.49. The van der Waals surface area contributed by atoms with Crippen LogP contribution in [0.25, 0.3) is 10.2 Å². The molecule has 7 nitrogen and oxygen atoms in total. The normalized spacial score (nSPS) is 15.3. The molecule has 1 amide bonds. The van der Waals surface area contributed by atoms with Crippen molar-refractivity contribution in [1.82, 2.24) is 15.2 Å². The quantitative estimate of drug-likeness (QED) is 0.558. The summed E-state index contributed by atoms with van der Waals surface area (Å²) in [6.07, 6.45) is -0.0252. The fourth-order valence-electron chi connectivity index (χ4n) is 3.57. The van der Waals surface area contributed by atoms with Gasteiger partial charge in [0.2, 0.25) is 5.91 Å². The molecule has 4 rings (SSSR count). The number of rotatable bonds is 8. The lowest BCUT2D eigenvalue weighted by Gasteiger charge is -2.34. The molecule has 1 aliphatic rings. The number of hydrogen-bond donors (Lipinski definition) is 1. The van der Waals surface area contributed by atoms with Crippen LogP contribution in [0.4, 0.5) is 5.13 Å². The van der Waals surface area contributed by atoms with Crippen molar-refractivity contribution < 1.29 is 13.2 Å². The van der Waals surface area contributed by atoms with Gasteiger partial charge in [0.25, 0.3) is 0 Å². The second kappa shape index (κ2) is 9.76. The van der Waals surface area contributed by atoms with Gasteiger partial charge in [-0.2, -0.15) is 0 Å². The molecule has 2 aromatic carbocycles. The highest BCUT2D eigenvalue weighted by Gasteiger charge is 2.20. The van der Waals surface area contributed by atoms with E-state index in [1.807, 2.05) is 18.2 Å². The van der Waals surface area contributed by atoms with Crippen LogP contribution >= 0.6 is 11.3 Å². The van der Waals surface area contributed by atoms with E-state index in [9.17, 15) is 13.2 Å². The van der Waals surface area contributed by atoms with Crippen molar-refractivity contribution in [2.75, 3.05) is 49.9 Å². The summed E-state index contributed by atoms with van der Waals surface area (Å²) in [5, 5.41) is 3.91. The minimum Gasteiger partial charge on any atom is -0.355 e. The number of anilines is 1. The Bertz CT molecular complexity index is 1090. The molecular formula is C22H26N4O3S2. The molecule has 31 heavy (non-hydrogen) atoms. The number of hydrogen-bond acceptors (Lipinski definition) is 7. The van der Waals surface area contributed by atoms with Gasteiger partial charge < -0.3 is 10.2 Å². The van der Waals surface area contributed by atoms with E-state index in [-0.39, 0.29) is 23.0 Å². The summed E-state index contributed by atoms with van der Waals surface area (Å²) in [6, 6.07) is 16.4. The monoisotopic (exact) mass is 458 g/mol. The van der Waals surface area contributed by atoms with Crippen molar-refractivity contribution in [2.45, 2.75) is 11.3 Å². The van der Waals surface area contributed by atoms with Gasteiger partial charge in [0.15, 0.2) is 15.0 Å². The van der Waals surface area contributed by atoms with E-state index >= 15 is 0 Å². The summed E-state index contributed by atoms with van der Waals surface area (Å²) in [4.78, 5) is 21.7. The van der Waals surface area contributed by atoms with Crippen LogP contribution in [0, 0.1) is 0 Å². The van der Waals surface area contributed by atoms with Crippen molar-refractivity contribution >= 4 is 42.4 Å². The highest BCUT2D eigenvalue weighted by molar-refractivity contribution is 7.91. The lowest BCUT2D eigenvalue weighted by Crippen LogP contribution is -2.48. The molecule has 0 unspecified atom stereocenters. The lowest BCUT2D eigenvalue weighted by atomic mass is 10.3. The van der Waals surface area contributed by atoms with Crippen LogP contribution in [0.3, 0.4) is 0 Å². The number of nitrogens with one attached hydrogen (secondary N) is 1. The average Bonchev–Trinajstić information content (AvgIpc) is 3.23. The minimum atomic E-state index is -3.42. The number of benzene rings is 2. The van der Waals surface area contributed by atoms with Gasteiger partial charge in [-0.25, -0.2) is 13.4 Å². The number of sulfone groups is 1. The van der Waals surface area contributed by atoms with Gasteiger partial charge in [-0.1, -0.05) is 41.7 Å². The third-order valence-electron chi connectivity index (χ3n) is 5.38. The van der Waals surface area contributed by atoms with Crippen LogP contribution in [-0.4, -0.2) is 69.2 Å². The molecule has 1 N–H and O–H groups in total. The maximum Gasteiger partial charge on any atom is 0.221 e. The van der Waals surface area contributed by atoms with Gasteiger partial charge in [-0.05, 0) is 24.3 Å². The second-order valence-electron chi connectivity index (χ2n) is 7.52. The molecule has 0 atom stereocenters. The number of amides is 1. The summed E-state index contributed by atoms with van der Waals surface area (Å²) in [7, 11) is -3.42. The summed E-state index contributed by atoms with van der Waals surface area (Å²) < 4.78 is 25.7. The zero-order valence-electron chi connectivity index (χ0n) is 17.2. The molecule has 164 valence electrons. The van der Waals surface area contributed by atoms with Crippen molar-refractivity contribution in [1.29, 1.82) is 0 Å². The van der Waals surface area contributed by atoms with Gasteiger partial charge in [0.05, 0.1) is 20.9 Å².